The predicted octanol–water partition coefficient (Wildman–Crippen LogP) is 11.3. The minimum absolute atomic E-state index is 0.417. The van der Waals surface area contributed by atoms with Gasteiger partial charge >= 0.3 is 0 Å². The number of fused-ring (bicyclic) bond motifs is 7. The number of anilines is 3. The molecule has 2 aromatic heterocycles. The van der Waals surface area contributed by atoms with Crippen molar-refractivity contribution in [1.82, 2.24) is 0 Å². The summed E-state index contributed by atoms with van der Waals surface area (Å²) in [6, 6.07) is 49.3. The fraction of sp³-hybridized carbons (Fsp3) is 0.0238. The lowest BCUT2D eigenvalue weighted by Gasteiger charge is -2.33. The maximum absolute atomic E-state index is 6.92. The fourth-order valence-electron chi connectivity index (χ4n) is 7.27. The second-order valence-electron chi connectivity index (χ2n) is 12.1. The van der Waals surface area contributed by atoms with Crippen LogP contribution in [0.1, 0.15) is 10.4 Å². The zero-order chi connectivity index (χ0) is 31.1. The average molecular weight is 622 g/mol. The zero-order valence-electron chi connectivity index (χ0n) is 25.3. The van der Waals surface area contributed by atoms with Crippen molar-refractivity contribution in [3.05, 3.63) is 150 Å². The maximum Gasteiger partial charge on any atom is 0.136 e. The molecule has 0 unspecified atom stereocenters. The monoisotopic (exact) mass is 621 g/mol. The van der Waals surface area contributed by atoms with E-state index in [4.69, 9.17) is 15.1 Å². The molecule has 4 nitrogen and oxygen atoms in total. The number of nitrogens with two attached hydrogens (primary N) is 1. The summed E-state index contributed by atoms with van der Waals surface area (Å²) < 4.78 is 7.48. The number of hydrogen-bond acceptors (Lipinski definition) is 5. The Balaban J connectivity index is 1.20. The molecule has 222 valence electrons. The van der Waals surface area contributed by atoms with Crippen molar-refractivity contribution in [3.63, 3.8) is 0 Å². The molecule has 7 aromatic carbocycles. The van der Waals surface area contributed by atoms with Gasteiger partial charge in [0.2, 0.25) is 0 Å². The summed E-state index contributed by atoms with van der Waals surface area (Å²) in [7, 11) is 0. The Hall–Kier alpha value is -5.91. The molecule has 2 N–H and O–H groups in total. The third-order valence-corrected chi connectivity index (χ3v) is 10.7. The van der Waals surface area contributed by atoms with Crippen LogP contribution in [-0.2, 0) is 0 Å². The molecule has 10 rings (SSSR count). The maximum atomic E-state index is 6.92. The van der Waals surface area contributed by atoms with Crippen LogP contribution in [0.5, 0.6) is 0 Å². The van der Waals surface area contributed by atoms with Crippen LogP contribution in [0.3, 0.4) is 0 Å². The first kappa shape index (κ1) is 26.3. The van der Waals surface area contributed by atoms with E-state index < -0.39 is 0 Å². The van der Waals surface area contributed by atoms with E-state index in [1.165, 1.54) is 32.7 Å². The molecule has 0 radical (unpaired) electrons. The Kier molecular flexibility index (Phi) is 5.63. The van der Waals surface area contributed by atoms with E-state index in [0.29, 0.717) is 6.67 Å². The normalized spacial score (nSPS) is 12.9. The zero-order valence-corrected chi connectivity index (χ0v) is 26.1. The molecule has 0 atom stereocenters. The summed E-state index contributed by atoms with van der Waals surface area (Å²) >= 11 is 1.69. The Bertz CT molecular complexity index is 2750. The van der Waals surface area contributed by atoms with Gasteiger partial charge in [-0.1, -0.05) is 97.1 Å². The van der Waals surface area contributed by atoms with E-state index in [2.05, 4.69) is 120 Å². The largest absolute Gasteiger partial charge is 0.456 e. The highest BCUT2D eigenvalue weighted by Gasteiger charge is 2.26. The van der Waals surface area contributed by atoms with E-state index in [1.54, 1.807) is 11.3 Å². The summed E-state index contributed by atoms with van der Waals surface area (Å²) in [6.07, 6.45) is 0. The van der Waals surface area contributed by atoms with Crippen LogP contribution in [0.15, 0.2) is 149 Å². The smallest absolute Gasteiger partial charge is 0.136 e. The summed E-state index contributed by atoms with van der Waals surface area (Å²) in [5, 5.41) is 8.15. The van der Waals surface area contributed by atoms with E-state index in [1.807, 2.05) is 24.3 Å². The summed E-state index contributed by atoms with van der Waals surface area (Å²) in [4.78, 5) is 8.80. The summed E-state index contributed by atoms with van der Waals surface area (Å²) in [5.74, 6) is 0. The third kappa shape index (κ3) is 3.97. The topological polar surface area (TPSA) is 54.8 Å². The number of para-hydroxylation sites is 1. The van der Waals surface area contributed by atoms with Gasteiger partial charge in [-0.05, 0) is 64.2 Å². The molecule has 0 aliphatic carbocycles. The summed E-state index contributed by atoms with van der Waals surface area (Å²) in [6.45, 7) is 0.417. The van der Waals surface area contributed by atoms with Crippen molar-refractivity contribution in [2.75, 3.05) is 17.3 Å². The molecule has 1 aliphatic rings. The number of aliphatic imine (C=N–C) groups is 1. The van der Waals surface area contributed by atoms with Gasteiger partial charge < -0.3 is 15.1 Å². The van der Waals surface area contributed by atoms with Crippen molar-refractivity contribution < 1.29 is 4.42 Å². The van der Waals surface area contributed by atoms with E-state index >= 15 is 0 Å². The lowest BCUT2D eigenvalue weighted by Crippen LogP contribution is -2.22. The number of thiophene rings is 1. The average Bonchev–Trinajstić information content (AvgIpc) is 3.66. The Morgan fingerprint density at radius 1 is 0.617 bits per heavy atom. The second-order valence-corrected chi connectivity index (χ2v) is 13.2. The van der Waals surface area contributed by atoms with Gasteiger partial charge in [-0.2, -0.15) is 0 Å². The predicted molar refractivity (Wildman–Crippen MR) is 199 cm³/mol. The van der Waals surface area contributed by atoms with Crippen LogP contribution >= 0.6 is 11.3 Å². The minimum atomic E-state index is 0.417. The fourth-order valence-corrected chi connectivity index (χ4v) is 8.42. The number of benzene rings is 7. The molecule has 0 fully saturated rings. The highest BCUT2D eigenvalue weighted by Crippen LogP contribution is 2.49. The van der Waals surface area contributed by atoms with Gasteiger partial charge in [0.05, 0.1) is 27.7 Å². The Labute approximate surface area is 274 Å². The van der Waals surface area contributed by atoms with Gasteiger partial charge in [0, 0.05) is 37.4 Å². The van der Waals surface area contributed by atoms with Gasteiger partial charge in [-0.15, -0.1) is 11.3 Å². The van der Waals surface area contributed by atoms with Crippen LogP contribution < -0.4 is 10.6 Å². The van der Waals surface area contributed by atoms with Crippen LogP contribution in [0, 0.1) is 0 Å². The molecule has 0 spiro atoms. The van der Waals surface area contributed by atoms with Crippen molar-refractivity contribution in [2.45, 2.75) is 0 Å². The number of hydrogen-bond donors (Lipinski definition) is 1. The SMILES string of the molecule is Nc1c(C(=NCN2c3cc4ccccc4cc3-c3cccc4cccc2c34)c2ccc3c(c2)oc2ccccc23)sc2ccccc12. The van der Waals surface area contributed by atoms with Gasteiger partial charge in [0.1, 0.15) is 17.8 Å². The number of nitrogen functional groups attached to an aromatic ring is 1. The Morgan fingerprint density at radius 2 is 1.34 bits per heavy atom. The van der Waals surface area contributed by atoms with Crippen molar-refractivity contribution in [1.29, 1.82) is 0 Å². The van der Waals surface area contributed by atoms with Gasteiger partial charge in [0.15, 0.2) is 0 Å². The molecule has 0 amide bonds. The molecule has 0 saturated carbocycles. The van der Waals surface area contributed by atoms with E-state index in [9.17, 15) is 0 Å². The molecule has 1 aliphatic heterocycles. The van der Waals surface area contributed by atoms with Crippen molar-refractivity contribution in [2.24, 2.45) is 4.99 Å². The lowest BCUT2D eigenvalue weighted by molar-refractivity contribution is 0.669. The highest BCUT2D eigenvalue weighted by atomic mass is 32.1. The minimum Gasteiger partial charge on any atom is -0.456 e. The van der Waals surface area contributed by atoms with Crippen LogP contribution in [0.25, 0.3) is 64.7 Å². The number of rotatable bonds is 4. The van der Waals surface area contributed by atoms with Crippen LogP contribution in [0.2, 0.25) is 0 Å². The quantitative estimate of drug-likeness (QED) is 0.199. The summed E-state index contributed by atoms with van der Waals surface area (Å²) in [5.41, 5.74) is 16.0. The van der Waals surface area contributed by atoms with Crippen molar-refractivity contribution >= 4 is 87.7 Å². The standard InChI is InChI=1S/C42H27N3OS/c43-40-32-14-4-6-18-38(32)47-42(40)41(28-19-20-30-29-13-3-5-17-36(29)46-37(30)23-28)44-24-45-34-16-8-12-25-11-7-15-31(39(25)34)33-21-26-9-1-2-10-27(26)22-35(33)45/h1-23H,24,43H2. The van der Waals surface area contributed by atoms with Crippen LogP contribution in [0.4, 0.5) is 17.1 Å². The molecule has 0 bridgehead atoms. The number of furan rings is 1. The molecule has 9 aromatic rings. The first-order valence-corrected chi connectivity index (χ1v) is 16.6. The number of nitrogens with zero attached hydrogens (tertiary/aromatic N) is 2. The highest BCUT2D eigenvalue weighted by molar-refractivity contribution is 7.21. The first-order valence-electron chi connectivity index (χ1n) is 15.8. The van der Waals surface area contributed by atoms with Crippen LogP contribution in [-0.4, -0.2) is 12.4 Å². The molecular formula is C42H27N3OS. The first-order chi connectivity index (χ1) is 23.2. The molecule has 3 heterocycles. The van der Waals surface area contributed by atoms with Gasteiger partial charge in [0.25, 0.3) is 0 Å². The third-order valence-electron chi connectivity index (χ3n) is 9.49. The molecule has 47 heavy (non-hydrogen) atoms. The molecular weight excluding hydrogens is 595 g/mol. The van der Waals surface area contributed by atoms with E-state index in [0.717, 1.165) is 65.2 Å². The Morgan fingerprint density at radius 3 is 2.21 bits per heavy atom. The van der Waals surface area contributed by atoms with Gasteiger partial charge in [-0.3, -0.25) is 4.99 Å². The molecule has 0 saturated heterocycles. The van der Waals surface area contributed by atoms with E-state index in [-0.39, 0.29) is 0 Å². The lowest BCUT2D eigenvalue weighted by atomic mass is 9.90. The molecule has 5 heteroatoms. The van der Waals surface area contributed by atoms with Crippen molar-refractivity contribution in [3.8, 4) is 11.1 Å². The second kappa shape index (κ2) is 10.0. The van der Waals surface area contributed by atoms with Gasteiger partial charge in [-0.25, -0.2) is 0 Å².